The summed E-state index contributed by atoms with van der Waals surface area (Å²) in [7, 11) is 1.78. The lowest BCUT2D eigenvalue weighted by Gasteiger charge is -2.16. The summed E-state index contributed by atoms with van der Waals surface area (Å²) in [4.78, 5) is 8.78. The minimum Gasteiger partial charge on any atom is -0.356 e. The largest absolute Gasteiger partial charge is 0.356 e. The third-order valence-electron chi connectivity index (χ3n) is 4.92. The molecule has 1 aliphatic rings. The zero-order chi connectivity index (χ0) is 18.4. The fraction of sp³-hybridized carbons (Fsp3) is 0.350. The van der Waals surface area contributed by atoms with Crippen molar-refractivity contribution in [3.8, 4) is 11.1 Å². The molecule has 2 aromatic heterocycles. The molecule has 1 N–H and O–H groups in total. The lowest BCUT2D eigenvalue weighted by molar-refractivity contribution is 0.565. The molecule has 1 atom stereocenters. The molecule has 3 aromatic rings. The first-order chi connectivity index (χ1) is 12.5. The number of aliphatic imine (C=N–C) groups is 1. The van der Waals surface area contributed by atoms with Crippen molar-refractivity contribution >= 4 is 22.9 Å². The fourth-order valence-electron chi connectivity index (χ4n) is 3.67. The Labute approximate surface area is 152 Å². The average molecular weight is 351 g/mol. The van der Waals surface area contributed by atoms with E-state index in [-0.39, 0.29) is 11.7 Å². The number of hydrogen-bond acceptors (Lipinski definition) is 4. The van der Waals surface area contributed by atoms with E-state index in [0.717, 1.165) is 34.3 Å². The molecule has 0 amide bonds. The molecule has 0 spiro atoms. The zero-order valence-electron chi connectivity index (χ0n) is 15.4. The van der Waals surface area contributed by atoms with Gasteiger partial charge in [0.05, 0.1) is 11.7 Å². The van der Waals surface area contributed by atoms with Crippen LogP contribution in [0.3, 0.4) is 0 Å². The van der Waals surface area contributed by atoms with E-state index in [1.54, 1.807) is 23.8 Å². The third kappa shape index (κ3) is 2.66. The predicted octanol–water partition coefficient (Wildman–Crippen LogP) is 4.81. The summed E-state index contributed by atoms with van der Waals surface area (Å²) >= 11 is 0. The van der Waals surface area contributed by atoms with E-state index < -0.39 is 0 Å². The highest BCUT2D eigenvalue weighted by Gasteiger charge is 2.28. The predicted molar refractivity (Wildman–Crippen MR) is 103 cm³/mol. The summed E-state index contributed by atoms with van der Waals surface area (Å²) in [6, 6.07) is 5.59. The van der Waals surface area contributed by atoms with Gasteiger partial charge < -0.3 is 5.32 Å². The standard InChI is InChI=1S/C20H22FN5/c1-11(2)7-15-12(3)24-19-16(15)8-13(9-17(19)21)14-5-6-26-18(14)10-23-20(22-4)25-26/h5-6,8-11,15H,7H2,1-4H3,(H,22,25). The van der Waals surface area contributed by atoms with Gasteiger partial charge in [0.25, 0.3) is 0 Å². The Hall–Kier alpha value is -2.76. The Bertz CT molecular complexity index is 1020. The van der Waals surface area contributed by atoms with Crippen LogP contribution in [-0.4, -0.2) is 27.4 Å². The number of benzene rings is 1. The van der Waals surface area contributed by atoms with Crippen LogP contribution in [-0.2, 0) is 0 Å². The van der Waals surface area contributed by atoms with Crippen molar-refractivity contribution in [3.63, 3.8) is 0 Å². The highest BCUT2D eigenvalue weighted by Crippen LogP contribution is 2.43. The second-order valence-electron chi connectivity index (χ2n) is 7.22. The van der Waals surface area contributed by atoms with Gasteiger partial charge in [-0.15, -0.1) is 5.10 Å². The molecular formula is C20H22FN5. The molecule has 0 fully saturated rings. The summed E-state index contributed by atoms with van der Waals surface area (Å²) in [6.45, 7) is 6.36. The van der Waals surface area contributed by atoms with Gasteiger partial charge in [-0.05, 0) is 48.6 Å². The van der Waals surface area contributed by atoms with Crippen LogP contribution in [0, 0.1) is 11.7 Å². The Balaban J connectivity index is 1.83. The first-order valence-corrected chi connectivity index (χ1v) is 8.89. The molecule has 6 heteroatoms. The van der Waals surface area contributed by atoms with Gasteiger partial charge in [0, 0.05) is 30.4 Å². The highest BCUT2D eigenvalue weighted by molar-refractivity contribution is 5.97. The maximum Gasteiger partial charge on any atom is 0.240 e. The van der Waals surface area contributed by atoms with E-state index in [9.17, 15) is 4.39 Å². The average Bonchev–Trinajstić information content (AvgIpc) is 3.16. The summed E-state index contributed by atoms with van der Waals surface area (Å²) in [5.74, 6) is 0.975. The monoisotopic (exact) mass is 351 g/mol. The van der Waals surface area contributed by atoms with Crippen molar-refractivity contribution < 1.29 is 4.39 Å². The number of anilines is 1. The van der Waals surface area contributed by atoms with Gasteiger partial charge in [-0.2, -0.15) is 0 Å². The molecule has 26 heavy (non-hydrogen) atoms. The van der Waals surface area contributed by atoms with Crippen molar-refractivity contribution in [2.75, 3.05) is 12.4 Å². The number of halogens is 1. The molecule has 1 aliphatic heterocycles. The van der Waals surface area contributed by atoms with E-state index >= 15 is 0 Å². The number of nitrogens with one attached hydrogen (secondary N) is 1. The van der Waals surface area contributed by atoms with Gasteiger partial charge >= 0.3 is 0 Å². The van der Waals surface area contributed by atoms with Crippen molar-refractivity contribution in [1.82, 2.24) is 14.6 Å². The summed E-state index contributed by atoms with van der Waals surface area (Å²) in [6.07, 6.45) is 4.59. The summed E-state index contributed by atoms with van der Waals surface area (Å²) in [5, 5.41) is 7.30. The van der Waals surface area contributed by atoms with Crippen molar-refractivity contribution in [3.05, 3.63) is 42.0 Å². The van der Waals surface area contributed by atoms with Gasteiger partial charge in [-0.25, -0.2) is 13.9 Å². The van der Waals surface area contributed by atoms with Gasteiger partial charge in [0.2, 0.25) is 5.95 Å². The number of hydrogen-bond donors (Lipinski definition) is 1. The topological polar surface area (TPSA) is 54.6 Å². The molecular weight excluding hydrogens is 329 g/mol. The van der Waals surface area contributed by atoms with E-state index in [1.165, 1.54) is 0 Å². The van der Waals surface area contributed by atoms with Gasteiger partial charge in [0.15, 0.2) is 0 Å². The SMILES string of the molecule is CNc1ncc2c(-c3cc(F)c4c(c3)C(CC(C)C)C(C)=N4)ccn2n1. The third-order valence-corrected chi connectivity index (χ3v) is 4.92. The maximum atomic E-state index is 14.8. The molecule has 0 radical (unpaired) electrons. The summed E-state index contributed by atoms with van der Waals surface area (Å²) in [5.41, 5.74) is 5.07. The molecule has 1 unspecified atom stereocenters. The first-order valence-electron chi connectivity index (χ1n) is 8.89. The number of fused-ring (bicyclic) bond motifs is 2. The van der Waals surface area contributed by atoms with E-state index in [2.05, 4.69) is 40.3 Å². The Kier molecular flexibility index (Phi) is 3.98. The minimum absolute atomic E-state index is 0.181. The minimum atomic E-state index is -0.268. The summed E-state index contributed by atoms with van der Waals surface area (Å²) < 4.78 is 16.5. The molecule has 0 aliphatic carbocycles. The van der Waals surface area contributed by atoms with Crippen molar-refractivity contribution in [2.45, 2.75) is 33.1 Å². The zero-order valence-corrected chi connectivity index (χ0v) is 15.4. The second kappa shape index (κ2) is 6.20. The van der Waals surface area contributed by atoms with Crippen LogP contribution in [0.4, 0.5) is 16.0 Å². The van der Waals surface area contributed by atoms with Crippen LogP contribution in [0.2, 0.25) is 0 Å². The molecule has 134 valence electrons. The smallest absolute Gasteiger partial charge is 0.240 e. The van der Waals surface area contributed by atoms with E-state index in [0.29, 0.717) is 17.6 Å². The number of aromatic nitrogens is 3. The number of rotatable bonds is 4. The van der Waals surface area contributed by atoms with E-state index in [4.69, 9.17) is 0 Å². The van der Waals surface area contributed by atoms with Gasteiger partial charge in [-0.3, -0.25) is 4.99 Å². The highest BCUT2D eigenvalue weighted by atomic mass is 19.1. The van der Waals surface area contributed by atoms with Crippen LogP contribution in [0.5, 0.6) is 0 Å². The van der Waals surface area contributed by atoms with Crippen molar-refractivity contribution in [1.29, 1.82) is 0 Å². The lowest BCUT2D eigenvalue weighted by atomic mass is 9.87. The molecule has 0 saturated carbocycles. The van der Waals surface area contributed by atoms with Crippen LogP contribution < -0.4 is 5.32 Å². The molecule has 4 rings (SSSR count). The quantitative estimate of drug-likeness (QED) is 0.734. The fourth-order valence-corrected chi connectivity index (χ4v) is 3.67. The molecule has 0 bridgehead atoms. The number of nitrogens with zero attached hydrogens (tertiary/aromatic N) is 4. The molecule has 1 aromatic carbocycles. The Morgan fingerprint density at radius 1 is 1.31 bits per heavy atom. The first kappa shape index (κ1) is 16.7. The Morgan fingerprint density at radius 2 is 2.12 bits per heavy atom. The van der Waals surface area contributed by atoms with Gasteiger partial charge in [0.1, 0.15) is 11.5 Å². The lowest BCUT2D eigenvalue weighted by Crippen LogP contribution is -2.08. The van der Waals surface area contributed by atoms with Crippen LogP contribution in [0.1, 0.15) is 38.7 Å². The maximum absolute atomic E-state index is 14.8. The molecule has 5 nitrogen and oxygen atoms in total. The Morgan fingerprint density at radius 3 is 2.85 bits per heavy atom. The van der Waals surface area contributed by atoms with E-state index in [1.807, 2.05) is 19.2 Å². The van der Waals surface area contributed by atoms with Crippen LogP contribution in [0.15, 0.2) is 35.6 Å². The van der Waals surface area contributed by atoms with Gasteiger partial charge in [-0.1, -0.05) is 13.8 Å². The molecule has 3 heterocycles. The van der Waals surface area contributed by atoms with Crippen molar-refractivity contribution in [2.24, 2.45) is 10.9 Å². The normalized spacial score (nSPS) is 16.2. The second-order valence-corrected chi connectivity index (χ2v) is 7.22. The molecule has 0 saturated heterocycles. The van der Waals surface area contributed by atoms with Crippen LogP contribution in [0.25, 0.3) is 16.6 Å². The van der Waals surface area contributed by atoms with Crippen LogP contribution >= 0.6 is 0 Å².